The van der Waals surface area contributed by atoms with E-state index in [0.717, 1.165) is 11.1 Å². The monoisotopic (exact) mass is 322 g/mol. The lowest BCUT2D eigenvalue weighted by molar-refractivity contribution is 0.589. The third-order valence-corrected chi connectivity index (χ3v) is 4.69. The number of halogens is 1. The van der Waals surface area contributed by atoms with Crippen molar-refractivity contribution in [3.8, 4) is 0 Å². The molecule has 0 unspecified atom stereocenters. The van der Waals surface area contributed by atoms with Gasteiger partial charge in [-0.1, -0.05) is 54.1 Å². The van der Waals surface area contributed by atoms with Gasteiger partial charge in [0, 0.05) is 5.56 Å². The average Bonchev–Trinajstić information content (AvgIpc) is 2.48. The van der Waals surface area contributed by atoms with Gasteiger partial charge in [-0.25, -0.2) is 8.42 Å². The summed E-state index contributed by atoms with van der Waals surface area (Å²) in [6, 6.07) is 15.7. The zero-order chi connectivity index (χ0) is 15.3. The molecule has 1 N–H and O–H groups in total. The van der Waals surface area contributed by atoms with Gasteiger partial charge in [0.05, 0.1) is 4.90 Å². The van der Waals surface area contributed by atoms with Crippen molar-refractivity contribution in [1.29, 1.82) is 0 Å². The van der Waals surface area contributed by atoms with Gasteiger partial charge in [0.1, 0.15) is 5.88 Å². The van der Waals surface area contributed by atoms with Crippen LogP contribution in [0.25, 0.3) is 0 Å². The number of sulfone groups is 1. The summed E-state index contributed by atoms with van der Waals surface area (Å²) in [7, 11) is -3.43. The lowest BCUT2D eigenvalue weighted by Crippen LogP contribution is -2.19. The van der Waals surface area contributed by atoms with E-state index in [1.807, 2.05) is 31.2 Å². The molecule has 0 radical (unpaired) electrons. The van der Waals surface area contributed by atoms with Crippen LogP contribution in [0.3, 0.4) is 0 Å². The van der Waals surface area contributed by atoms with Gasteiger partial charge < -0.3 is 0 Å². The van der Waals surface area contributed by atoms with E-state index in [-0.39, 0.29) is 15.9 Å². The lowest BCUT2D eigenvalue weighted by Gasteiger charge is -2.06. The zero-order valence-electron chi connectivity index (χ0n) is 11.5. The summed E-state index contributed by atoms with van der Waals surface area (Å²) in [5.41, 5.74) is 4.26. The minimum Gasteiger partial charge on any atom is -0.293 e. The first-order valence-electron chi connectivity index (χ1n) is 6.30. The largest absolute Gasteiger partial charge is 0.293 e. The van der Waals surface area contributed by atoms with Gasteiger partial charge in [-0.2, -0.15) is 5.10 Å². The SMILES string of the molecule is Cc1ccccc1/C(Cl)=N\NCS(=O)(=O)c1ccccc1. The molecule has 21 heavy (non-hydrogen) atoms. The predicted molar refractivity (Wildman–Crippen MR) is 85.2 cm³/mol. The van der Waals surface area contributed by atoms with Crippen LogP contribution in [0.1, 0.15) is 11.1 Å². The van der Waals surface area contributed by atoms with Gasteiger partial charge in [0.2, 0.25) is 0 Å². The molecular weight excluding hydrogens is 308 g/mol. The Bertz CT molecular complexity index is 743. The van der Waals surface area contributed by atoms with E-state index in [0.29, 0.717) is 0 Å². The van der Waals surface area contributed by atoms with Gasteiger partial charge in [0.25, 0.3) is 0 Å². The van der Waals surface area contributed by atoms with E-state index in [2.05, 4.69) is 10.5 Å². The highest BCUT2D eigenvalue weighted by Crippen LogP contribution is 2.11. The van der Waals surface area contributed by atoms with Crippen LogP contribution in [-0.2, 0) is 9.84 Å². The predicted octanol–water partition coefficient (Wildman–Crippen LogP) is 2.92. The Labute approximate surface area is 129 Å². The second kappa shape index (κ2) is 6.74. The van der Waals surface area contributed by atoms with Crippen molar-refractivity contribution < 1.29 is 8.42 Å². The summed E-state index contributed by atoms with van der Waals surface area (Å²) in [6.07, 6.45) is 0. The Morgan fingerprint density at radius 1 is 1.10 bits per heavy atom. The van der Waals surface area contributed by atoms with Crippen molar-refractivity contribution in [3.05, 3.63) is 65.7 Å². The second-order valence-electron chi connectivity index (χ2n) is 4.45. The molecule has 0 aliphatic heterocycles. The Morgan fingerprint density at radius 2 is 1.71 bits per heavy atom. The third-order valence-electron chi connectivity index (χ3n) is 2.90. The molecular formula is C15H15ClN2O2S. The Kier molecular flexibility index (Phi) is 4.98. The lowest BCUT2D eigenvalue weighted by atomic mass is 10.1. The van der Waals surface area contributed by atoms with Gasteiger partial charge in [-0.15, -0.1) is 0 Å². The Morgan fingerprint density at radius 3 is 2.38 bits per heavy atom. The number of rotatable bonds is 5. The highest BCUT2D eigenvalue weighted by Gasteiger charge is 2.13. The molecule has 2 aromatic rings. The summed E-state index contributed by atoms with van der Waals surface area (Å²) < 4.78 is 24.1. The molecule has 0 fully saturated rings. The molecule has 0 aromatic heterocycles. The highest BCUT2D eigenvalue weighted by molar-refractivity contribution is 7.91. The quantitative estimate of drug-likeness (QED) is 0.680. The molecule has 0 bridgehead atoms. The van der Waals surface area contributed by atoms with Crippen molar-refractivity contribution in [1.82, 2.24) is 5.43 Å². The van der Waals surface area contributed by atoms with Gasteiger partial charge in [-0.05, 0) is 24.6 Å². The van der Waals surface area contributed by atoms with Crippen LogP contribution in [0.4, 0.5) is 0 Å². The van der Waals surface area contributed by atoms with Crippen molar-refractivity contribution in [2.45, 2.75) is 11.8 Å². The molecule has 0 amide bonds. The van der Waals surface area contributed by atoms with E-state index in [4.69, 9.17) is 11.6 Å². The summed E-state index contributed by atoms with van der Waals surface area (Å²) in [5, 5.41) is 4.15. The van der Waals surface area contributed by atoms with Crippen LogP contribution in [0.2, 0.25) is 0 Å². The van der Waals surface area contributed by atoms with E-state index in [9.17, 15) is 8.42 Å². The second-order valence-corrected chi connectivity index (χ2v) is 6.80. The molecule has 0 saturated heterocycles. The maximum absolute atomic E-state index is 12.0. The number of aryl methyl sites for hydroxylation is 1. The first-order chi connectivity index (χ1) is 10.0. The van der Waals surface area contributed by atoms with Crippen LogP contribution in [0, 0.1) is 6.92 Å². The van der Waals surface area contributed by atoms with Gasteiger partial charge in [0.15, 0.2) is 15.0 Å². The highest BCUT2D eigenvalue weighted by atomic mass is 35.5. The van der Waals surface area contributed by atoms with Crippen LogP contribution in [0.15, 0.2) is 64.6 Å². The standard InChI is InChI=1S/C15H15ClN2O2S/c1-12-7-5-6-10-14(12)15(16)18-17-11-21(19,20)13-8-3-2-4-9-13/h2-10,17H,11H2,1H3/b18-15+. The smallest absolute Gasteiger partial charge is 0.197 e. The molecule has 0 heterocycles. The Hall–Kier alpha value is -1.85. The number of hydrogen-bond donors (Lipinski definition) is 1. The van der Waals surface area contributed by atoms with Crippen molar-refractivity contribution >= 4 is 26.6 Å². The number of hydrazone groups is 1. The van der Waals surface area contributed by atoms with Crippen LogP contribution in [0.5, 0.6) is 0 Å². The molecule has 0 saturated carbocycles. The fourth-order valence-corrected chi connectivity index (χ4v) is 3.01. The van der Waals surface area contributed by atoms with E-state index >= 15 is 0 Å². The first kappa shape index (κ1) is 15.5. The molecule has 0 aliphatic carbocycles. The summed E-state index contributed by atoms with van der Waals surface area (Å²) in [5.74, 6) is -0.306. The number of nitrogens with one attached hydrogen (secondary N) is 1. The molecule has 4 nitrogen and oxygen atoms in total. The fraction of sp³-hybridized carbons (Fsp3) is 0.133. The molecule has 2 aromatic carbocycles. The molecule has 2 rings (SSSR count). The average molecular weight is 323 g/mol. The zero-order valence-corrected chi connectivity index (χ0v) is 13.0. The van der Waals surface area contributed by atoms with Crippen LogP contribution in [-0.4, -0.2) is 19.5 Å². The van der Waals surface area contributed by atoms with E-state index in [1.165, 1.54) is 0 Å². The van der Waals surface area contributed by atoms with Crippen molar-refractivity contribution in [2.24, 2.45) is 5.10 Å². The van der Waals surface area contributed by atoms with Crippen LogP contribution < -0.4 is 5.43 Å². The summed E-state index contributed by atoms with van der Waals surface area (Å²) in [4.78, 5) is 0.250. The minimum atomic E-state index is -3.43. The maximum Gasteiger partial charge on any atom is 0.197 e. The van der Waals surface area contributed by atoms with Gasteiger partial charge >= 0.3 is 0 Å². The maximum atomic E-state index is 12.0. The molecule has 0 atom stereocenters. The summed E-state index contributed by atoms with van der Waals surface area (Å²) >= 11 is 6.08. The van der Waals surface area contributed by atoms with E-state index < -0.39 is 9.84 Å². The number of nitrogens with zero attached hydrogens (tertiary/aromatic N) is 1. The minimum absolute atomic E-state index is 0.233. The fourth-order valence-electron chi connectivity index (χ4n) is 1.76. The third kappa shape index (κ3) is 4.06. The molecule has 6 heteroatoms. The molecule has 0 spiro atoms. The topological polar surface area (TPSA) is 58.5 Å². The van der Waals surface area contributed by atoms with Crippen molar-refractivity contribution in [3.63, 3.8) is 0 Å². The molecule has 0 aliphatic rings. The van der Waals surface area contributed by atoms with Gasteiger partial charge in [-0.3, -0.25) is 5.43 Å². The van der Waals surface area contributed by atoms with Crippen LogP contribution >= 0.6 is 11.6 Å². The summed E-state index contributed by atoms with van der Waals surface area (Å²) in [6.45, 7) is 1.91. The number of benzene rings is 2. The van der Waals surface area contributed by atoms with Crippen molar-refractivity contribution in [2.75, 3.05) is 5.88 Å². The first-order valence-corrected chi connectivity index (χ1v) is 8.33. The number of hydrogen-bond acceptors (Lipinski definition) is 4. The molecule has 110 valence electrons. The van der Waals surface area contributed by atoms with E-state index in [1.54, 1.807) is 30.3 Å². The Balaban J connectivity index is 2.07. The normalized spacial score (nSPS) is 12.2.